The Morgan fingerprint density at radius 3 is 1.66 bits per heavy atom. The van der Waals surface area contributed by atoms with Crippen LogP contribution in [0.5, 0.6) is 0 Å². The summed E-state index contributed by atoms with van der Waals surface area (Å²) in [5.41, 5.74) is -3.71. The molecule has 0 aliphatic carbocycles. The second-order valence-corrected chi connectivity index (χ2v) is 9.01. The molecule has 0 fully saturated rings. The predicted octanol–water partition coefficient (Wildman–Crippen LogP) is 11.5. The van der Waals surface area contributed by atoms with Crippen molar-refractivity contribution in [2.45, 2.75) is 0 Å². The lowest BCUT2D eigenvalue weighted by molar-refractivity contribution is 0.672. The zero-order valence-electron chi connectivity index (χ0n) is 44.4. The fourth-order valence-electron chi connectivity index (χ4n) is 5.16. The van der Waals surface area contributed by atoms with E-state index in [-0.39, 0.29) is 5.39 Å². The highest BCUT2D eigenvalue weighted by molar-refractivity contribution is 6.24. The molecular weight excluding hydrogens is 496 g/mol. The summed E-state index contributed by atoms with van der Waals surface area (Å²) in [4.78, 5) is 0. The van der Waals surface area contributed by atoms with Gasteiger partial charge in [-0.15, -0.1) is 0 Å². The fourth-order valence-corrected chi connectivity index (χ4v) is 5.16. The van der Waals surface area contributed by atoms with Crippen molar-refractivity contribution in [1.82, 2.24) is 0 Å². The summed E-state index contributed by atoms with van der Waals surface area (Å²) in [6.45, 7) is 0. The molecule has 0 bridgehead atoms. The second kappa shape index (κ2) is 8.55. The van der Waals surface area contributed by atoms with Crippen molar-refractivity contribution in [1.29, 1.82) is 0 Å². The standard InChI is InChI=1S/C40H24O/c1-3-13-28-25(10-1)12-9-19-30(28)39-33-17-7-5-15-31(33)38(32-16-6-8-18-34(32)39)27-21-23-37-36(24-27)35-22-20-26-11-2-4-14-29(26)40(35)41-37/h1-24H/i1D,2D,3D,4D,5D,6D,7D,8D,9D,10D,11D,12D,13D,14D,15D,16D,17D,18D,19D,20D,21D,22D,23D,24D. The van der Waals surface area contributed by atoms with E-state index in [0.29, 0.717) is 0 Å². The van der Waals surface area contributed by atoms with E-state index in [1.165, 1.54) is 0 Å². The lowest BCUT2D eigenvalue weighted by atomic mass is 9.84. The Kier molecular flexibility index (Phi) is 1.94. The summed E-state index contributed by atoms with van der Waals surface area (Å²) in [7, 11) is 0. The molecule has 0 atom stereocenters. The largest absolute Gasteiger partial charge is 0.455 e. The molecule has 190 valence electrons. The highest BCUT2D eigenvalue weighted by atomic mass is 16.3. The van der Waals surface area contributed by atoms with Gasteiger partial charge in [-0.1, -0.05) is 127 Å². The molecule has 0 unspecified atom stereocenters. The fraction of sp³-hybridized carbons (Fsp3) is 0. The summed E-state index contributed by atoms with van der Waals surface area (Å²) < 4.78 is 220. The predicted molar refractivity (Wildman–Crippen MR) is 175 cm³/mol. The Morgan fingerprint density at radius 2 is 0.951 bits per heavy atom. The van der Waals surface area contributed by atoms with E-state index in [9.17, 15) is 11.0 Å². The van der Waals surface area contributed by atoms with E-state index in [2.05, 4.69) is 0 Å². The first kappa shape index (κ1) is 9.33. The van der Waals surface area contributed by atoms with Crippen LogP contribution in [0.25, 0.3) is 87.3 Å². The average molecular weight is 545 g/mol. The van der Waals surface area contributed by atoms with Crippen LogP contribution in [0.4, 0.5) is 0 Å². The molecule has 0 saturated heterocycles. The molecule has 1 nitrogen and oxygen atoms in total. The van der Waals surface area contributed by atoms with Gasteiger partial charge in [-0.05, 0) is 78.1 Å². The number of rotatable bonds is 2. The van der Waals surface area contributed by atoms with Crippen LogP contribution in [0.15, 0.2) is 149 Å². The number of fused-ring (bicyclic) bond motifs is 8. The number of hydrogen-bond donors (Lipinski definition) is 0. The van der Waals surface area contributed by atoms with E-state index in [1.54, 1.807) is 0 Å². The zero-order chi connectivity index (χ0) is 47.8. The molecule has 0 radical (unpaired) electrons. The normalized spacial score (nSPS) is 20.1. The van der Waals surface area contributed by atoms with Gasteiger partial charge in [0.25, 0.3) is 0 Å². The first-order valence-corrected chi connectivity index (χ1v) is 12.2. The topological polar surface area (TPSA) is 13.1 Å². The minimum Gasteiger partial charge on any atom is -0.455 e. The monoisotopic (exact) mass is 544 g/mol. The van der Waals surface area contributed by atoms with Crippen molar-refractivity contribution < 1.29 is 37.3 Å². The third kappa shape index (κ3) is 3.24. The lowest BCUT2D eigenvalue weighted by Gasteiger charge is -2.18. The van der Waals surface area contributed by atoms with Crippen molar-refractivity contribution in [3.05, 3.63) is 145 Å². The molecule has 0 N–H and O–H groups in total. The molecule has 1 heterocycles. The highest BCUT2D eigenvalue weighted by Crippen LogP contribution is 2.46. The van der Waals surface area contributed by atoms with E-state index in [1.807, 2.05) is 0 Å². The summed E-state index contributed by atoms with van der Waals surface area (Å²) in [5, 5.41) is -5.56. The number of furan rings is 1. The molecular formula is C40H24O. The molecule has 0 aliphatic rings. The third-order valence-electron chi connectivity index (χ3n) is 6.87. The Hall–Kier alpha value is -5.40. The highest BCUT2D eigenvalue weighted by Gasteiger charge is 2.19. The van der Waals surface area contributed by atoms with E-state index >= 15 is 0 Å². The molecule has 0 aliphatic heterocycles. The molecule has 0 amide bonds. The van der Waals surface area contributed by atoms with Gasteiger partial charge in [-0.25, -0.2) is 0 Å². The van der Waals surface area contributed by atoms with Gasteiger partial charge in [-0.2, -0.15) is 0 Å². The third-order valence-corrected chi connectivity index (χ3v) is 6.87. The van der Waals surface area contributed by atoms with Crippen LogP contribution in [0, 0.1) is 0 Å². The molecule has 9 rings (SSSR count). The maximum absolute atomic E-state index is 9.76. The SMILES string of the molecule is [2H]c1c(-c2c3c([2H])c([2H])c([2H])c([2H])c3c(-c3c([2H])c([2H])c([2H])c4c([2H])c([2H])c([2H])c([2H])c34)c3c([2H])c([2H])c([2H])c([2H])c23)c([2H])c2c(oc3c4c([2H])c([2H])c([2H])c([2H])c4c([2H])c([2H])c32)c1[2H]. The van der Waals surface area contributed by atoms with Crippen molar-refractivity contribution in [2.75, 3.05) is 0 Å². The van der Waals surface area contributed by atoms with Crippen LogP contribution in [0.1, 0.15) is 32.9 Å². The smallest absolute Gasteiger partial charge is 0.143 e. The van der Waals surface area contributed by atoms with Crippen LogP contribution < -0.4 is 0 Å². The molecule has 1 aromatic heterocycles. The van der Waals surface area contributed by atoms with Crippen molar-refractivity contribution in [2.24, 2.45) is 0 Å². The van der Waals surface area contributed by atoms with Crippen LogP contribution in [0.3, 0.4) is 0 Å². The maximum atomic E-state index is 9.76. The van der Waals surface area contributed by atoms with Gasteiger partial charge in [-0.3, -0.25) is 0 Å². The van der Waals surface area contributed by atoms with Crippen LogP contribution in [-0.4, -0.2) is 0 Å². The minimum absolute atomic E-state index is 0.387. The molecule has 8 aromatic carbocycles. The Balaban J connectivity index is 1.64. The van der Waals surface area contributed by atoms with Gasteiger partial charge < -0.3 is 4.42 Å². The molecule has 0 spiro atoms. The van der Waals surface area contributed by atoms with Crippen molar-refractivity contribution in [3.63, 3.8) is 0 Å². The van der Waals surface area contributed by atoms with Crippen LogP contribution >= 0.6 is 0 Å². The van der Waals surface area contributed by atoms with Crippen LogP contribution in [0.2, 0.25) is 0 Å². The van der Waals surface area contributed by atoms with Crippen molar-refractivity contribution in [3.8, 4) is 22.3 Å². The molecule has 41 heavy (non-hydrogen) atoms. The summed E-state index contributed by atoms with van der Waals surface area (Å²) >= 11 is 0. The maximum Gasteiger partial charge on any atom is 0.143 e. The Bertz CT molecular complexity index is 3730. The van der Waals surface area contributed by atoms with Gasteiger partial charge in [0.05, 0.1) is 32.9 Å². The van der Waals surface area contributed by atoms with Gasteiger partial charge in [0, 0.05) is 16.2 Å². The van der Waals surface area contributed by atoms with E-state index < -0.39 is 227 Å². The van der Waals surface area contributed by atoms with Gasteiger partial charge in [0.2, 0.25) is 0 Å². The van der Waals surface area contributed by atoms with Gasteiger partial charge in [0.1, 0.15) is 11.2 Å². The second-order valence-electron chi connectivity index (χ2n) is 9.01. The first-order chi connectivity index (χ1) is 30.3. The van der Waals surface area contributed by atoms with E-state index in [0.717, 1.165) is 0 Å². The first-order valence-electron chi connectivity index (χ1n) is 24.2. The van der Waals surface area contributed by atoms with Crippen LogP contribution in [-0.2, 0) is 0 Å². The van der Waals surface area contributed by atoms with Gasteiger partial charge in [0.15, 0.2) is 0 Å². The molecule has 9 aromatic rings. The average Bonchev–Trinajstić information content (AvgIpc) is 3.68. The number of hydrogen-bond acceptors (Lipinski definition) is 1. The van der Waals surface area contributed by atoms with E-state index in [4.69, 9.17) is 26.3 Å². The molecule has 1 heteroatoms. The summed E-state index contributed by atoms with van der Waals surface area (Å²) in [6.07, 6.45) is 0. The summed E-state index contributed by atoms with van der Waals surface area (Å²) in [6, 6.07) is -20.5. The molecule has 0 saturated carbocycles. The number of benzene rings is 8. The lowest BCUT2D eigenvalue weighted by Crippen LogP contribution is -1.91. The van der Waals surface area contributed by atoms with Gasteiger partial charge >= 0.3 is 0 Å². The quantitative estimate of drug-likeness (QED) is 0.197. The minimum atomic E-state index is -0.942. The van der Waals surface area contributed by atoms with Crippen molar-refractivity contribution >= 4 is 65.0 Å². The Labute approximate surface area is 270 Å². The Morgan fingerprint density at radius 1 is 0.390 bits per heavy atom. The summed E-state index contributed by atoms with van der Waals surface area (Å²) in [5.74, 6) is 0. The zero-order valence-corrected chi connectivity index (χ0v) is 20.4.